The van der Waals surface area contributed by atoms with Crippen molar-refractivity contribution < 1.29 is 9.47 Å². The van der Waals surface area contributed by atoms with Crippen molar-refractivity contribution in [2.75, 3.05) is 0 Å². The van der Waals surface area contributed by atoms with Crippen LogP contribution < -0.4 is 0 Å². The molecule has 2 nitrogen and oxygen atoms in total. The highest BCUT2D eigenvalue weighted by Crippen LogP contribution is 2.33. The van der Waals surface area contributed by atoms with E-state index < -0.39 is 0 Å². The van der Waals surface area contributed by atoms with Gasteiger partial charge in [-0.25, -0.2) is 0 Å². The summed E-state index contributed by atoms with van der Waals surface area (Å²) in [7, 11) is 0. The number of hydrogen-bond donors (Lipinski definition) is 0. The van der Waals surface area contributed by atoms with Gasteiger partial charge in [0.1, 0.15) is 12.5 Å². The summed E-state index contributed by atoms with van der Waals surface area (Å²) in [5, 5.41) is 0. The van der Waals surface area contributed by atoms with Crippen LogP contribution in [0.15, 0.2) is 12.5 Å². The van der Waals surface area contributed by atoms with Crippen LogP contribution in [0.3, 0.4) is 0 Å². The Labute approximate surface area is 80.9 Å². The van der Waals surface area contributed by atoms with E-state index in [0.717, 1.165) is 6.42 Å². The zero-order chi connectivity index (χ0) is 9.73. The van der Waals surface area contributed by atoms with E-state index in [1.165, 1.54) is 19.3 Å². The van der Waals surface area contributed by atoms with Gasteiger partial charge in [-0.1, -0.05) is 33.6 Å². The Hall–Kier alpha value is -0.660. The van der Waals surface area contributed by atoms with Crippen molar-refractivity contribution >= 4 is 0 Å². The average Bonchev–Trinajstić information content (AvgIpc) is 2.55. The second-order valence-electron chi connectivity index (χ2n) is 3.93. The van der Waals surface area contributed by atoms with Gasteiger partial charge >= 0.3 is 0 Å². The standard InChI is InChI=1S/C11H20O2/c1-4-5-6-7-11(10(2)3)12-8-9-13-11/h8-10H,4-7H2,1-3H3. The average molecular weight is 184 g/mol. The zero-order valence-electron chi connectivity index (χ0n) is 8.88. The van der Waals surface area contributed by atoms with Crippen LogP contribution >= 0.6 is 0 Å². The topological polar surface area (TPSA) is 18.5 Å². The highest BCUT2D eigenvalue weighted by molar-refractivity contribution is 4.86. The SMILES string of the molecule is CCCCCC1(C(C)C)OC=CO1. The first-order chi connectivity index (χ1) is 6.21. The Morgan fingerprint density at radius 2 is 1.77 bits per heavy atom. The lowest BCUT2D eigenvalue weighted by Crippen LogP contribution is -2.36. The molecule has 0 spiro atoms. The summed E-state index contributed by atoms with van der Waals surface area (Å²) >= 11 is 0. The van der Waals surface area contributed by atoms with E-state index in [0.29, 0.717) is 5.92 Å². The number of hydrogen-bond acceptors (Lipinski definition) is 2. The fourth-order valence-corrected chi connectivity index (χ4v) is 1.61. The van der Waals surface area contributed by atoms with E-state index in [-0.39, 0.29) is 5.79 Å². The molecule has 0 unspecified atom stereocenters. The van der Waals surface area contributed by atoms with Crippen LogP contribution in [0.1, 0.15) is 46.5 Å². The molecule has 0 amide bonds. The van der Waals surface area contributed by atoms with E-state index in [2.05, 4.69) is 20.8 Å². The van der Waals surface area contributed by atoms with Crippen LogP contribution in [0, 0.1) is 5.92 Å². The van der Waals surface area contributed by atoms with E-state index in [4.69, 9.17) is 9.47 Å². The molecule has 0 aromatic heterocycles. The molecule has 0 saturated carbocycles. The number of rotatable bonds is 5. The van der Waals surface area contributed by atoms with Crippen LogP contribution in [-0.4, -0.2) is 5.79 Å². The van der Waals surface area contributed by atoms with Crippen molar-refractivity contribution in [2.45, 2.75) is 52.2 Å². The molecule has 1 aliphatic rings. The summed E-state index contributed by atoms with van der Waals surface area (Å²) in [5.74, 6) is 0.0363. The Morgan fingerprint density at radius 3 is 2.23 bits per heavy atom. The van der Waals surface area contributed by atoms with E-state index >= 15 is 0 Å². The predicted octanol–water partition coefficient (Wildman–Crippen LogP) is 3.44. The summed E-state index contributed by atoms with van der Waals surface area (Å²) in [6.07, 6.45) is 7.97. The molecule has 0 aliphatic carbocycles. The van der Waals surface area contributed by atoms with Crippen LogP contribution in [0.4, 0.5) is 0 Å². The van der Waals surface area contributed by atoms with Crippen molar-refractivity contribution in [2.24, 2.45) is 5.92 Å². The minimum absolute atomic E-state index is 0.366. The molecule has 1 heterocycles. The third-order valence-electron chi connectivity index (χ3n) is 2.60. The molecular weight excluding hydrogens is 164 g/mol. The van der Waals surface area contributed by atoms with Gasteiger partial charge in [0, 0.05) is 12.3 Å². The number of unbranched alkanes of at least 4 members (excludes halogenated alkanes) is 2. The van der Waals surface area contributed by atoms with Gasteiger partial charge in [-0.15, -0.1) is 0 Å². The highest BCUT2D eigenvalue weighted by Gasteiger charge is 2.38. The Bertz CT molecular complexity index is 165. The van der Waals surface area contributed by atoms with Crippen molar-refractivity contribution in [1.29, 1.82) is 0 Å². The molecule has 0 bridgehead atoms. The molecular formula is C11H20O2. The van der Waals surface area contributed by atoms with Crippen molar-refractivity contribution in [1.82, 2.24) is 0 Å². The maximum absolute atomic E-state index is 5.55. The summed E-state index contributed by atoms with van der Waals surface area (Å²) < 4.78 is 11.1. The molecule has 1 rings (SSSR count). The van der Waals surface area contributed by atoms with Crippen molar-refractivity contribution in [3.8, 4) is 0 Å². The van der Waals surface area contributed by atoms with Gasteiger partial charge in [-0.3, -0.25) is 0 Å². The molecule has 0 N–H and O–H groups in total. The fraction of sp³-hybridized carbons (Fsp3) is 0.818. The second kappa shape index (κ2) is 4.54. The van der Waals surface area contributed by atoms with Crippen LogP contribution in [0.5, 0.6) is 0 Å². The molecule has 1 aliphatic heterocycles. The van der Waals surface area contributed by atoms with Gasteiger partial charge in [-0.2, -0.15) is 0 Å². The third-order valence-corrected chi connectivity index (χ3v) is 2.60. The molecule has 2 heteroatoms. The van der Waals surface area contributed by atoms with Gasteiger partial charge < -0.3 is 9.47 Å². The third kappa shape index (κ3) is 2.39. The number of ether oxygens (including phenoxy) is 2. The van der Waals surface area contributed by atoms with Gasteiger partial charge in [-0.05, 0) is 6.42 Å². The maximum atomic E-state index is 5.55. The first-order valence-electron chi connectivity index (χ1n) is 5.22. The summed E-state index contributed by atoms with van der Waals surface area (Å²) in [6, 6.07) is 0. The first kappa shape index (κ1) is 10.4. The minimum atomic E-state index is -0.366. The monoisotopic (exact) mass is 184 g/mol. The normalized spacial score (nSPS) is 18.8. The van der Waals surface area contributed by atoms with Gasteiger partial charge in [0.15, 0.2) is 0 Å². The lowest BCUT2D eigenvalue weighted by molar-refractivity contribution is -0.178. The van der Waals surface area contributed by atoms with Crippen LogP contribution in [0.2, 0.25) is 0 Å². The van der Waals surface area contributed by atoms with E-state index in [9.17, 15) is 0 Å². The maximum Gasteiger partial charge on any atom is 0.252 e. The van der Waals surface area contributed by atoms with E-state index in [1.807, 2.05) is 0 Å². The fourth-order valence-electron chi connectivity index (χ4n) is 1.61. The van der Waals surface area contributed by atoms with Gasteiger partial charge in [0.05, 0.1) is 0 Å². The minimum Gasteiger partial charge on any atom is -0.457 e. The van der Waals surface area contributed by atoms with Crippen LogP contribution in [0.25, 0.3) is 0 Å². The van der Waals surface area contributed by atoms with Crippen molar-refractivity contribution in [3.63, 3.8) is 0 Å². The second-order valence-corrected chi connectivity index (χ2v) is 3.93. The molecule has 0 atom stereocenters. The summed E-state index contributed by atoms with van der Waals surface area (Å²) in [5.41, 5.74) is 0. The molecule has 13 heavy (non-hydrogen) atoms. The Morgan fingerprint density at radius 1 is 1.15 bits per heavy atom. The van der Waals surface area contributed by atoms with Crippen LogP contribution in [-0.2, 0) is 9.47 Å². The highest BCUT2D eigenvalue weighted by atomic mass is 16.7. The lowest BCUT2D eigenvalue weighted by Gasteiger charge is -2.31. The molecule has 0 radical (unpaired) electrons. The van der Waals surface area contributed by atoms with Gasteiger partial charge in [0.25, 0.3) is 5.79 Å². The summed E-state index contributed by atoms with van der Waals surface area (Å²) in [6.45, 7) is 6.48. The molecule has 76 valence electrons. The Kier molecular flexibility index (Phi) is 3.64. The molecule has 0 fully saturated rings. The first-order valence-corrected chi connectivity index (χ1v) is 5.22. The molecule has 0 aromatic rings. The van der Waals surface area contributed by atoms with Gasteiger partial charge in [0.2, 0.25) is 0 Å². The Balaban J connectivity index is 2.39. The molecule has 0 saturated heterocycles. The zero-order valence-corrected chi connectivity index (χ0v) is 8.88. The largest absolute Gasteiger partial charge is 0.457 e. The molecule has 0 aromatic carbocycles. The summed E-state index contributed by atoms with van der Waals surface area (Å²) in [4.78, 5) is 0. The predicted molar refractivity (Wildman–Crippen MR) is 53.0 cm³/mol. The quantitative estimate of drug-likeness (QED) is 0.609. The smallest absolute Gasteiger partial charge is 0.252 e. The van der Waals surface area contributed by atoms with E-state index in [1.54, 1.807) is 12.5 Å². The van der Waals surface area contributed by atoms with Crippen molar-refractivity contribution in [3.05, 3.63) is 12.5 Å². The lowest BCUT2D eigenvalue weighted by atomic mass is 9.96.